The molecule has 0 spiro atoms. The number of allylic oxidation sites excluding steroid dienone is 13. The molecule has 0 aliphatic heterocycles. The van der Waals surface area contributed by atoms with E-state index in [0.29, 0.717) is 38.6 Å². The van der Waals surface area contributed by atoms with E-state index in [2.05, 4.69) is 98.2 Å². The molecule has 0 bridgehead atoms. The first kappa shape index (κ1) is 46.5. The van der Waals surface area contributed by atoms with Crippen molar-refractivity contribution in [2.45, 2.75) is 161 Å². The van der Waals surface area contributed by atoms with Crippen LogP contribution < -0.4 is 11.1 Å². The van der Waals surface area contributed by atoms with Crippen molar-refractivity contribution in [3.8, 4) is 0 Å². The summed E-state index contributed by atoms with van der Waals surface area (Å²) < 4.78 is 5.89. The monoisotopic (exact) mass is 695 g/mol. The Kier molecular flexibility index (Phi) is 34.3. The number of ether oxygens (including phenoxy) is 1. The van der Waals surface area contributed by atoms with Crippen LogP contribution in [-0.2, 0) is 19.1 Å². The fourth-order valence-electron chi connectivity index (χ4n) is 5.08. The third-order valence-electron chi connectivity index (χ3n) is 7.94. The molecule has 0 aromatic rings. The van der Waals surface area contributed by atoms with Crippen LogP contribution in [0.3, 0.4) is 0 Å². The van der Waals surface area contributed by atoms with Crippen LogP contribution in [0.4, 0.5) is 0 Å². The highest BCUT2D eigenvalue weighted by atomic mass is 16.5. The molecule has 7 heteroatoms. The second-order valence-electron chi connectivity index (χ2n) is 12.6. The summed E-state index contributed by atoms with van der Waals surface area (Å²) in [4.78, 5) is 36.2. The number of nitrogens with one attached hydrogen (secondary N) is 1. The summed E-state index contributed by atoms with van der Waals surface area (Å²) in [6, 6.07) is -0.873. The quantitative estimate of drug-likeness (QED) is 0.0357. The van der Waals surface area contributed by atoms with Crippen LogP contribution in [0.1, 0.15) is 149 Å². The lowest BCUT2D eigenvalue weighted by Gasteiger charge is -2.15. The van der Waals surface area contributed by atoms with Gasteiger partial charge in [-0.25, -0.2) is 4.79 Å². The maximum atomic E-state index is 12.7. The van der Waals surface area contributed by atoms with Gasteiger partial charge in [0.25, 0.3) is 0 Å². The summed E-state index contributed by atoms with van der Waals surface area (Å²) in [7, 11) is 0. The fraction of sp³-hybridized carbons (Fsp3) is 0.605. The summed E-state index contributed by atoms with van der Waals surface area (Å²) >= 11 is 0. The minimum Gasteiger partial charge on any atom is -0.480 e. The minimum atomic E-state index is -1.02. The van der Waals surface area contributed by atoms with Gasteiger partial charge in [-0.15, -0.1) is 0 Å². The van der Waals surface area contributed by atoms with Gasteiger partial charge in [0, 0.05) is 12.8 Å². The zero-order valence-corrected chi connectivity index (χ0v) is 31.5. The van der Waals surface area contributed by atoms with E-state index in [1.165, 1.54) is 0 Å². The smallest absolute Gasteiger partial charge is 0.326 e. The van der Waals surface area contributed by atoms with Gasteiger partial charge in [-0.3, -0.25) is 9.59 Å². The molecule has 0 saturated heterocycles. The average molecular weight is 695 g/mol. The summed E-state index contributed by atoms with van der Waals surface area (Å²) in [6.45, 7) is 4.68. The third-order valence-corrected chi connectivity index (χ3v) is 7.94. The Morgan fingerprint density at radius 3 is 1.68 bits per heavy atom. The molecule has 0 radical (unpaired) electrons. The molecule has 0 fully saturated rings. The second kappa shape index (κ2) is 36.8. The van der Waals surface area contributed by atoms with E-state index in [-0.39, 0.29) is 18.0 Å². The molecule has 0 aliphatic carbocycles. The number of carbonyl (C=O) groups is 3. The van der Waals surface area contributed by atoms with E-state index in [0.717, 1.165) is 103 Å². The molecule has 4 N–H and O–H groups in total. The van der Waals surface area contributed by atoms with Crippen molar-refractivity contribution < 1.29 is 24.2 Å². The van der Waals surface area contributed by atoms with Crippen LogP contribution in [0.5, 0.6) is 0 Å². The van der Waals surface area contributed by atoms with Gasteiger partial charge in [0.2, 0.25) is 5.91 Å². The molecule has 1 amide bonds. The van der Waals surface area contributed by atoms with E-state index in [1.807, 2.05) is 6.08 Å². The Labute approximate surface area is 305 Å². The zero-order valence-electron chi connectivity index (χ0n) is 31.5. The van der Waals surface area contributed by atoms with E-state index in [4.69, 9.17) is 10.5 Å². The molecule has 282 valence electrons. The first-order chi connectivity index (χ1) is 24.4. The number of aliphatic carboxylic acids is 1. The molecule has 0 aliphatic rings. The van der Waals surface area contributed by atoms with Crippen LogP contribution >= 0.6 is 0 Å². The maximum absolute atomic E-state index is 12.7. The summed E-state index contributed by atoms with van der Waals surface area (Å²) in [5.41, 5.74) is 5.47. The van der Waals surface area contributed by atoms with E-state index in [1.54, 1.807) is 0 Å². The molecule has 0 aromatic heterocycles. The molecular weight excluding hydrogens is 624 g/mol. The summed E-state index contributed by atoms with van der Waals surface area (Å²) in [5, 5.41) is 11.9. The Hall–Kier alpha value is -3.45. The van der Waals surface area contributed by atoms with Crippen LogP contribution in [0.15, 0.2) is 85.1 Å². The van der Waals surface area contributed by atoms with Gasteiger partial charge >= 0.3 is 11.9 Å². The van der Waals surface area contributed by atoms with Gasteiger partial charge in [-0.05, 0) is 109 Å². The Morgan fingerprint density at radius 1 is 0.600 bits per heavy atom. The number of amides is 1. The molecule has 0 aromatic carbocycles. The standard InChI is InChI=1S/C43H70N2O5/c1-3-5-7-9-11-13-15-16-18-20-22-27-31-37-42(47)50-39(33-28-24-21-19-17-14-12-10-8-6-4-2)34-29-25-23-26-30-36-41(46)45-40(43(48)49)35-32-38-44/h5-8,11-14,16,18-19,21,28,33,39-40H,3-4,9-10,15,17,20,22-27,29-32,34-38,44H2,1-2H3,(H,45,46)(H,48,49)/b7-5-,8-6-,13-11-,14-12-,18-16-,21-19-,33-28-. The van der Waals surface area contributed by atoms with E-state index < -0.39 is 12.0 Å². The van der Waals surface area contributed by atoms with Gasteiger partial charge in [-0.1, -0.05) is 119 Å². The van der Waals surface area contributed by atoms with Gasteiger partial charge in [0.15, 0.2) is 0 Å². The molecule has 0 heterocycles. The van der Waals surface area contributed by atoms with Crippen LogP contribution in [-0.4, -0.2) is 41.6 Å². The number of carboxylic acids is 1. The lowest BCUT2D eigenvalue weighted by molar-refractivity contribution is -0.147. The average Bonchev–Trinajstić information content (AvgIpc) is 3.10. The Balaban J connectivity index is 4.55. The SMILES string of the molecule is CC/C=C\C/C=C\C/C=C\C/C=C\C(CCCCCCCC(=O)NC(CCCN)C(=O)O)OC(=O)CCCCC/C=C\C/C=C\C/C=C\CC. The number of rotatable bonds is 33. The zero-order chi connectivity index (χ0) is 36.8. The molecule has 2 unspecified atom stereocenters. The second-order valence-corrected chi connectivity index (χ2v) is 12.6. The lowest BCUT2D eigenvalue weighted by atomic mass is 10.1. The van der Waals surface area contributed by atoms with Crippen LogP contribution in [0.25, 0.3) is 0 Å². The minimum absolute atomic E-state index is 0.132. The van der Waals surface area contributed by atoms with Crippen molar-refractivity contribution in [3.63, 3.8) is 0 Å². The van der Waals surface area contributed by atoms with E-state index in [9.17, 15) is 19.5 Å². The van der Waals surface area contributed by atoms with E-state index >= 15 is 0 Å². The summed E-state index contributed by atoms with van der Waals surface area (Å²) in [6.07, 6.45) is 47.8. The highest BCUT2D eigenvalue weighted by Crippen LogP contribution is 2.14. The van der Waals surface area contributed by atoms with Gasteiger partial charge in [0.05, 0.1) is 0 Å². The highest BCUT2D eigenvalue weighted by Gasteiger charge is 2.18. The number of carboxylic acid groups (broad SMARTS) is 1. The van der Waals surface area contributed by atoms with Crippen molar-refractivity contribution in [2.75, 3.05) is 6.54 Å². The van der Waals surface area contributed by atoms with Gasteiger partial charge in [0.1, 0.15) is 12.1 Å². The lowest BCUT2D eigenvalue weighted by Crippen LogP contribution is -2.40. The molecule has 0 saturated carbocycles. The fourth-order valence-corrected chi connectivity index (χ4v) is 5.08. The van der Waals surface area contributed by atoms with Crippen molar-refractivity contribution in [1.29, 1.82) is 0 Å². The van der Waals surface area contributed by atoms with Crippen molar-refractivity contribution in [2.24, 2.45) is 5.73 Å². The highest BCUT2D eigenvalue weighted by molar-refractivity contribution is 5.83. The molecule has 50 heavy (non-hydrogen) atoms. The molecule has 2 atom stereocenters. The third kappa shape index (κ3) is 33.1. The number of carbonyl (C=O) groups excluding carboxylic acids is 2. The van der Waals surface area contributed by atoms with Gasteiger partial charge < -0.3 is 20.9 Å². The number of unbranched alkanes of at least 4 members (excludes halogenated alkanes) is 7. The normalized spacial score (nSPS) is 13.7. The van der Waals surface area contributed by atoms with Crippen LogP contribution in [0.2, 0.25) is 0 Å². The first-order valence-corrected chi connectivity index (χ1v) is 19.4. The van der Waals surface area contributed by atoms with Crippen molar-refractivity contribution in [1.82, 2.24) is 5.32 Å². The summed E-state index contributed by atoms with van der Waals surface area (Å²) in [5.74, 6) is -1.38. The van der Waals surface area contributed by atoms with Crippen molar-refractivity contribution in [3.05, 3.63) is 85.1 Å². The first-order valence-electron chi connectivity index (χ1n) is 19.4. The number of nitrogens with two attached hydrogens (primary N) is 1. The maximum Gasteiger partial charge on any atom is 0.326 e. The molecular formula is C43H70N2O5. The van der Waals surface area contributed by atoms with Gasteiger partial charge in [-0.2, -0.15) is 0 Å². The molecule has 7 nitrogen and oxygen atoms in total. The predicted molar refractivity (Wildman–Crippen MR) is 211 cm³/mol. The van der Waals surface area contributed by atoms with Crippen LogP contribution in [0, 0.1) is 0 Å². The Morgan fingerprint density at radius 2 is 1.10 bits per heavy atom. The predicted octanol–water partition coefficient (Wildman–Crippen LogP) is 10.6. The topological polar surface area (TPSA) is 119 Å². The number of esters is 1. The number of hydrogen-bond acceptors (Lipinski definition) is 5. The Bertz CT molecular complexity index is 1050. The van der Waals surface area contributed by atoms with Crippen molar-refractivity contribution >= 4 is 17.8 Å². The largest absolute Gasteiger partial charge is 0.480 e. The molecule has 0 rings (SSSR count). The number of hydrogen-bond donors (Lipinski definition) is 3.